The number of hydrogen-bond acceptors (Lipinski definition) is 6. The first-order valence-electron chi connectivity index (χ1n) is 8.45. The molecule has 2 aliphatic rings. The molecule has 2 heterocycles. The van der Waals surface area contributed by atoms with E-state index < -0.39 is 0 Å². The van der Waals surface area contributed by atoms with Crippen LogP contribution in [-0.4, -0.2) is 57.0 Å². The Balaban J connectivity index is 1.75. The van der Waals surface area contributed by atoms with Crippen LogP contribution in [0.2, 0.25) is 0 Å². The number of carbonyl (C=O) groups is 1. The highest BCUT2D eigenvalue weighted by atomic mass is 16.7. The second-order valence-corrected chi connectivity index (χ2v) is 7.61. The van der Waals surface area contributed by atoms with Crippen LogP contribution in [0.15, 0.2) is 0 Å². The Morgan fingerprint density at radius 2 is 1.78 bits per heavy atom. The van der Waals surface area contributed by atoms with Crippen LogP contribution >= 0.6 is 0 Å². The monoisotopic (exact) mass is 330 g/mol. The van der Waals surface area contributed by atoms with E-state index >= 15 is 0 Å². The predicted octanol–water partition coefficient (Wildman–Crippen LogP) is 2.15. The van der Waals surface area contributed by atoms with Crippen LogP contribution in [0.4, 0.5) is 0 Å². The highest BCUT2D eigenvalue weighted by Gasteiger charge is 2.50. The smallest absolute Gasteiger partial charge is 0.309 e. The van der Waals surface area contributed by atoms with Gasteiger partial charge in [0.25, 0.3) is 0 Å². The zero-order valence-corrected chi connectivity index (χ0v) is 14.9. The highest BCUT2D eigenvalue weighted by molar-refractivity contribution is 5.72. The van der Waals surface area contributed by atoms with Crippen LogP contribution in [-0.2, 0) is 28.5 Å². The molecule has 2 fully saturated rings. The Hall–Kier alpha value is -0.690. The molecule has 6 nitrogen and oxygen atoms in total. The molecule has 0 aromatic heterocycles. The Labute approximate surface area is 138 Å². The SMILES string of the molecule is CCC(C)C(=O)OC1COC2C(OCOCC(C)(C)C)COC12. The number of hydrogen-bond donors (Lipinski definition) is 0. The molecule has 2 aliphatic heterocycles. The number of rotatable bonds is 7. The minimum absolute atomic E-state index is 0.103. The summed E-state index contributed by atoms with van der Waals surface area (Å²) >= 11 is 0. The lowest BCUT2D eigenvalue weighted by Crippen LogP contribution is -2.36. The van der Waals surface area contributed by atoms with Crippen molar-refractivity contribution in [2.24, 2.45) is 11.3 Å². The van der Waals surface area contributed by atoms with Gasteiger partial charge < -0.3 is 23.7 Å². The predicted molar refractivity (Wildman–Crippen MR) is 84.0 cm³/mol. The maximum Gasteiger partial charge on any atom is 0.309 e. The first-order valence-corrected chi connectivity index (χ1v) is 8.45. The summed E-state index contributed by atoms with van der Waals surface area (Å²) in [4.78, 5) is 11.9. The topological polar surface area (TPSA) is 63.2 Å². The summed E-state index contributed by atoms with van der Waals surface area (Å²) in [5.74, 6) is -0.295. The van der Waals surface area contributed by atoms with E-state index in [1.54, 1.807) is 0 Å². The van der Waals surface area contributed by atoms with E-state index in [0.717, 1.165) is 6.42 Å². The number of fused-ring (bicyclic) bond motifs is 1. The second-order valence-electron chi connectivity index (χ2n) is 7.61. The zero-order valence-electron chi connectivity index (χ0n) is 14.9. The summed E-state index contributed by atoms with van der Waals surface area (Å²) in [7, 11) is 0. The van der Waals surface area contributed by atoms with Crippen molar-refractivity contribution in [3.63, 3.8) is 0 Å². The average Bonchev–Trinajstić information content (AvgIpc) is 3.05. The van der Waals surface area contributed by atoms with Gasteiger partial charge in [-0.25, -0.2) is 0 Å². The lowest BCUT2D eigenvalue weighted by molar-refractivity contribution is -0.158. The van der Waals surface area contributed by atoms with Crippen molar-refractivity contribution in [3.05, 3.63) is 0 Å². The van der Waals surface area contributed by atoms with E-state index in [1.807, 2.05) is 13.8 Å². The van der Waals surface area contributed by atoms with Crippen LogP contribution in [0.5, 0.6) is 0 Å². The first-order chi connectivity index (χ1) is 10.8. The molecule has 0 saturated carbocycles. The highest BCUT2D eigenvalue weighted by Crippen LogP contribution is 2.31. The van der Waals surface area contributed by atoms with Gasteiger partial charge in [0.1, 0.15) is 25.1 Å². The minimum atomic E-state index is -0.342. The van der Waals surface area contributed by atoms with Crippen molar-refractivity contribution in [1.82, 2.24) is 0 Å². The molecular formula is C17H30O6. The normalized spacial score (nSPS) is 31.9. The first kappa shape index (κ1) is 18.6. The van der Waals surface area contributed by atoms with Gasteiger partial charge in [-0.3, -0.25) is 4.79 Å². The quantitative estimate of drug-likeness (QED) is 0.405. The number of ether oxygens (including phenoxy) is 5. The molecule has 0 amide bonds. The van der Waals surface area contributed by atoms with Crippen LogP contribution < -0.4 is 0 Å². The minimum Gasteiger partial charge on any atom is -0.457 e. The van der Waals surface area contributed by atoms with Gasteiger partial charge >= 0.3 is 5.97 Å². The third-order valence-corrected chi connectivity index (χ3v) is 4.15. The molecule has 0 aromatic carbocycles. The third-order valence-electron chi connectivity index (χ3n) is 4.15. The largest absolute Gasteiger partial charge is 0.457 e. The van der Waals surface area contributed by atoms with Gasteiger partial charge in [-0.15, -0.1) is 0 Å². The molecule has 23 heavy (non-hydrogen) atoms. The van der Waals surface area contributed by atoms with Crippen molar-refractivity contribution < 1.29 is 28.5 Å². The molecule has 0 spiro atoms. The Bertz CT molecular complexity index is 391. The molecule has 5 unspecified atom stereocenters. The molecule has 2 rings (SSSR count). The van der Waals surface area contributed by atoms with Crippen molar-refractivity contribution in [2.75, 3.05) is 26.6 Å². The van der Waals surface area contributed by atoms with Gasteiger partial charge in [0.15, 0.2) is 6.10 Å². The van der Waals surface area contributed by atoms with E-state index in [9.17, 15) is 4.79 Å². The van der Waals surface area contributed by atoms with Gasteiger partial charge in [0.05, 0.1) is 25.7 Å². The fraction of sp³-hybridized carbons (Fsp3) is 0.941. The number of carbonyl (C=O) groups excluding carboxylic acids is 1. The Morgan fingerprint density at radius 3 is 2.39 bits per heavy atom. The summed E-state index contributed by atoms with van der Waals surface area (Å²) in [6.07, 6.45) is -0.186. The maximum atomic E-state index is 11.9. The second kappa shape index (κ2) is 7.92. The maximum absolute atomic E-state index is 11.9. The molecule has 0 aliphatic carbocycles. The standard InChI is InChI=1S/C17H30O6/c1-6-11(2)16(18)23-13-8-21-14-12(7-20-15(13)14)22-10-19-9-17(3,4)5/h11-15H,6-10H2,1-5H3. The van der Waals surface area contributed by atoms with E-state index in [1.165, 1.54) is 0 Å². The van der Waals surface area contributed by atoms with Crippen LogP contribution in [0.25, 0.3) is 0 Å². The lowest BCUT2D eigenvalue weighted by atomic mass is 9.99. The van der Waals surface area contributed by atoms with Crippen LogP contribution in [0.3, 0.4) is 0 Å². The summed E-state index contributed by atoms with van der Waals surface area (Å²) in [6, 6.07) is 0. The molecule has 6 heteroatoms. The van der Waals surface area contributed by atoms with Gasteiger partial charge in [0, 0.05) is 0 Å². The van der Waals surface area contributed by atoms with Gasteiger partial charge in [-0.1, -0.05) is 34.6 Å². The zero-order chi connectivity index (χ0) is 17.0. The Morgan fingerprint density at radius 1 is 1.17 bits per heavy atom. The van der Waals surface area contributed by atoms with Crippen molar-refractivity contribution >= 4 is 5.97 Å². The van der Waals surface area contributed by atoms with Crippen LogP contribution in [0.1, 0.15) is 41.0 Å². The van der Waals surface area contributed by atoms with Gasteiger partial charge in [-0.05, 0) is 11.8 Å². The van der Waals surface area contributed by atoms with E-state index in [2.05, 4.69) is 20.8 Å². The van der Waals surface area contributed by atoms with E-state index in [0.29, 0.717) is 19.8 Å². The molecule has 5 atom stereocenters. The summed E-state index contributed by atoms with van der Waals surface area (Å²) in [5.41, 5.74) is 0.108. The summed E-state index contributed by atoms with van der Waals surface area (Å²) < 4.78 is 28.2. The van der Waals surface area contributed by atoms with Gasteiger partial charge in [0.2, 0.25) is 0 Å². The summed E-state index contributed by atoms with van der Waals surface area (Å²) in [6.45, 7) is 11.8. The van der Waals surface area contributed by atoms with Crippen molar-refractivity contribution in [3.8, 4) is 0 Å². The molecule has 0 N–H and O–H groups in total. The fourth-order valence-electron chi connectivity index (χ4n) is 2.59. The molecular weight excluding hydrogens is 300 g/mol. The van der Waals surface area contributed by atoms with E-state index in [4.69, 9.17) is 23.7 Å². The molecule has 134 valence electrons. The van der Waals surface area contributed by atoms with Gasteiger partial charge in [-0.2, -0.15) is 0 Å². The molecule has 0 radical (unpaired) electrons. The number of esters is 1. The fourth-order valence-corrected chi connectivity index (χ4v) is 2.59. The third kappa shape index (κ3) is 5.14. The lowest BCUT2D eigenvalue weighted by Gasteiger charge is -2.20. The van der Waals surface area contributed by atoms with E-state index in [-0.39, 0.29) is 48.5 Å². The van der Waals surface area contributed by atoms with Crippen molar-refractivity contribution in [1.29, 1.82) is 0 Å². The summed E-state index contributed by atoms with van der Waals surface area (Å²) in [5, 5.41) is 0. The molecule has 0 bridgehead atoms. The average molecular weight is 330 g/mol. The molecule has 0 aromatic rings. The Kier molecular flexibility index (Phi) is 6.42. The molecule has 2 saturated heterocycles. The van der Waals surface area contributed by atoms with Crippen LogP contribution in [0, 0.1) is 11.3 Å². The van der Waals surface area contributed by atoms with Crippen molar-refractivity contribution in [2.45, 2.75) is 65.5 Å².